The zero-order valence-corrected chi connectivity index (χ0v) is 13.7. The molecule has 0 fully saturated rings. The smallest absolute Gasteiger partial charge is 0.226 e. The number of nitrogens with one attached hydrogen (secondary N) is 1. The molecular weight excluding hydrogens is 316 g/mol. The third kappa shape index (κ3) is 4.12. The SMILES string of the molecule is CC(=O)c1ccc(C#CCNC(=O)Cc2noc3ccccc23)cc1. The molecule has 124 valence electrons. The molecule has 25 heavy (non-hydrogen) atoms. The van der Waals surface area contributed by atoms with Gasteiger partial charge in [0.2, 0.25) is 5.91 Å². The Labute approximate surface area is 145 Å². The van der Waals surface area contributed by atoms with Gasteiger partial charge in [-0.05, 0) is 31.2 Å². The Hall–Kier alpha value is -3.39. The molecule has 1 heterocycles. The molecule has 5 nitrogen and oxygen atoms in total. The van der Waals surface area contributed by atoms with Crippen LogP contribution in [0, 0.1) is 11.8 Å². The molecular formula is C20H16N2O3. The fraction of sp³-hybridized carbons (Fsp3) is 0.150. The lowest BCUT2D eigenvalue weighted by Crippen LogP contribution is -2.25. The van der Waals surface area contributed by atoms with Crippen molar-refractivity contribution in [2.75, 3.05) is 6.54 Å². The molecule has 3 aromatic rings. The van der Waals surface area contributed by atoms with Gasteiger partial charge in [-0.15, -0.1) is 0 Å². The molecule has 0 bridgehead atoms. The first-order valence-electron chi connectivity index (χ1n) is 7.83. The van der Waals surface area contributed by atoms with Gasteiger partial charge in [-0.1, -0.05) is 41.3 Å². The van der Waals surface area contributed by atoms with Crippen LogP contribution < -0.4 is 5.32 Å². The molecule has 1 N–H and O–H groups in total. The quantitative estimate of drug-likeness (QED) is 0.589. The minimum atomic E-state index is -0.166. The fourth-order valence-electron chi connectivity index (χ4n) is 2.36. The molecule has 0 saturated heterocycles. The number of ketones is 1. The van der Waals surface area contributed by atoms with E-state index < -0.39 is 0 Å². The van der Waals surface area contributed by atoms with Crippen LogP contribution in [0.15, 0.2) is 53.1 Å². The zero-order chi connectivity index (χ0) is 17.6. The largest absolute Gasteiger partial charge is 0.356 e. The summed E-state index contributed by atoms with van der Waals surface area (Å²) in [4.78, 5) is 23.2. The number of carbonyl (C=O) groups is 2. The molecule has 0 radical (unpaired) electrons. The molecule has 1 amide bonds. The summed E-state index contributed by atoms with van der Waals surface area (Å²) in [6, 6.07) is 14.5. The van der Waals surface area contributed by atoms with Gasteiger partial charge in [0, 0.05) is 16.5 Å². The second kappa shape index (κ2) is 7.45. The standard InChI is InChI=1S/C20H16N2O3/c1-14(23)16-10-8-15(9-11-16)5-4-12-21-20(24)13-18-17-6-2-3-7-19(17)25-22-18/h2-3,6-11H,12-13H2,1H3,(H,21,24). The molecule has 0 aliphatic heterocycles. The summed E-state index contributed by atoms with van der Waals surface area (Å²) in [5, 5.41) is 7.51. The van der Waals surface area contributed by atoms with E-state index in [-0.39, 0.29) is 24.7 Å². The lowest BCUT2D eigenvalue weighted by Gasteiger charge is -1.99. The van der Waals surface area contributed by atoms with Gasteiger partial charge in [-0.3, -0.25) is 9.59 Å². The van der Waals surface area contributed by atoms with E-state index >= 15 is 0 Å². The third-order valence-electron chi connectivity index (χ3n) is 3.68. The van der Waals surface area contributed by atoms with E-state index in [2.05, 4.69) is 22.3 Å². The van der Waals surface area contributed by atoms with Crippen LogP contribution >= 0.6 is 0 Å². The van der Waals surface area contributed by atoms with Gasteiger partial charge >= 0.3 is 0 Å². The predicted octanol–water partition coefficient (Wildman–Crippen LogP) is 2.74. The molecule has 1 aromatic heterocycles. The van der Waals surface area contributed by atoms with Crippen LogP contribution in [0.5, 0.6) is 0 Å². The van der Waals surface area contributed by atoms with Crippen LogP contribution in [0.25, 0.3) is 11.0 Å². The van der Waals surface area contributed by atoms with E-state index in [9.17, 15) is 9.59 Å². The predicted molar refractivity (Wildman–Crippen MR) is 94.0 cm³/mol. The number of amides is 1. The van der Waals surface area contributed by atoms with Crippen molar-refractivity contribution in [3.05, 3.63) is 65.4 Å². The highest BCUT2D eigenvalue weighted by Gasteiger charge is 2.11. The Bertz CT molecular complexity index is 975. The molecule has 0 aliphatic carbocycles. The summed E-state index contributed by atoms with van der Waals surface area (Å²) in [6.07, 6.45) is 0.145. The molecule has 0 spiro atoms. The topological polar surface area (TPSA) is 72.2 Å². The molecule has 2 aromatic carbocycles. The maximum atomic E-state index is 12.0. The van der Waals surface area contributed by atoms with Crippen LogP contribution in [0.4, 0.5) is 0 Å². The number of benzene rings is 2. The van der Waals surface area contributed by atoms with Crippen molar-refractivity contribution < 1.29 is 14.1 Å². The maximum Gasteiger partial charge on any atom is 0.226 e. The van der Waals surface area contributed by atoms with E-state index in [4.69, 9.17) is 4.52 Å². The van der Waals surface area contributed by atoms with Gasteiger partial charge < -0.3 is 9.84 Å². The normalized spacial score (nSPS) is 10.1. The number of hydrogen-bond donors (Lipinski definition) is 1. The van der Waals surface area contributed by atoms with E-state index in [1.165, 1.54) is 6.92 Å². The second-order valence-corrected chi connectivity index (χ2v) is 5.51. The monoisotopic (exact) mass is 332 g/mol. The van der Waals surface area contributed by atoms with Crippen molar-refractivity contribution in [1.82, 2.24) is 10.5 Å². The summed E-state index contributed by atoms with van der Waals surface area (Å²) < 4.78 is 5.18. The van der Waals surface area contributed by atoms with Crippen LogP contribution in [0.2, 0.25) is 0 Å². The number of para-hydroxylation sites is 1. The number of rotatable bonds is 4. The number of Topliss-reactive ketones (excluding diaryl/α,β-unsaturated/α-hetero) is 1. The summed E-state index contributed by atoms with van der Waals surface area (Å²) in [5.74, 6) is 5.69. The Balaban J connectivity index is 1.54. The van der Waals surface area contributed by atoms with Gasteiger partial charge in [0.15, 0.2) is 11.4 Å². The van der Waals surface area contributed by atoms with Crippen molar-refractivity contribution in [1.29, 1.82) is 0 Å². The van der Waals surface area contributed by atoms with E-state index in [0.29, 0.717) is 16.8 Å². The highest BCUT2D eigenvalue weighted by Crippen LogP contribution is 2.17. The van der Waals surface area contributed by atoms with Crippen LogP contribution in [0.3, 0.4) is 0 Å². The first-order valence-corrected chi connectivity index (χ1v) is 7.83. The Morgan fingerprint density at radius 2 is 1.88 bits per heavy atom. The maximum absolute atomic E-state index is 12.0. The van der Waals surface area contributed by atoms with Crippen molar-refractivity contribution in [2.45, 2.75) is 13.3 Å². The van der Waals surface area contributed by atoms with Crippen molar-refractivity contribution in [2.24, 2.45) is 0 Å². The number of hydrogen-bond acceptors (Lipinski definition) is 4. The van der Waals surface area contributed by atoms with Gasteiger partial charge in [0.05, 0.1) is 13.0 Å². The van der Waals surface area contributed by atoms with Gasteiger partial charge in [-0.2, -0.15) is 0 Å². The average molecular weight is 332 g/mol. The Morgan fingerprint density at radius 1 is 1.12 bits per heavy atom. The minimum Gasteiger partial charge on any atom is -0.356 e. The molecule has 0 atom stereocenters. The number of nitrogens with zero attached hydrogens (tertiary/aromatic N) is 1. The molecule has 3 rings (SSSR count). The molecule has 0 saturated carbocycles. The lowest BCUT2D eigenvalue weighted by atomic mass is 10.1. The minimum absolute atomic E-state index is 0.0205. The van der Waals surface area contributed by atoms with Crippen molar-refractivity contribution in [3.63, 3.8) is 0 Å². The fourth-order valence-corrected chi connectivity index (χ4v) is 2.36. The lowest BCUT2D eigenvalue weighted by molar-refractivity contribution is -0.120. The zero-order valence-electron chi connectivity index (χ0n) is 13.7. The van der Waals surface area contributed by atoms with Gasteiger partial charge in [-0.25, -0.2) is 0 Å². The van der Waals surface area contributed by atoms with E-state index in [1.54, 1.807) is 24.3 Å². The van der Waals surface area contributed by atoms with Crippen molar-refractivity contribution >= 4 is 22.7 Å². The van der Waals surface area contributed by atoms with Crippen molar-refractivity contribution in [3.8, 4) is 11.8 Å². The summed E-state index contributed by atoms with van der Waals surface area (Å²) in [7, 11) is 0. The van der Waals surface area contributed by atoms with Crippen LogP contribution in [-0.2, 0) is 11.2 Å². The molecule has 5 heteroatoms. The highest BCUT2D eigenvalue weighted by molar-refractivity contribution is 5.94. The summed E-state index contributed by atoms with van der Waals surface area (Å²) in [5.41, 5.74) is 2.72. The number of aromatic nitrogens is 1. The number of carbonyl (C=O) groups excluding carboxylic acids is 2. The van der Waals surface area contributed by atoms with Gasteiger partial charge in [0.25, 0.3) is 0 Å². The Morgan fingerprint density at radius 3 is 2.64 bits per heavy atom. The Kier molecular flexibility index (Phi) is 4.91. The highest BCUT2D eigenvalue weighted by atomic mass is 16.5. The first-order chi connectivity index (χ1) is 12.1. The number of fused-ring (bicyclic) bond motifs is 1. The van der Waals surface area contributed by atoms with E-state index in [0.717, 1.165) is 10.9 Å². The molecule has 0 aliphatic rings. The molecule has 0 unspecified atom stereocenters. The van der Waals surface area contributed by atoms with E-state index in [1.807, 2.05) is 24.3 Å². The van der Waals surface area contributed by atoms with Crippen LogP contribution in [-0.4, -0.2) is 23.4 Å². The summed E-state index contributed by atoms with van der Waals surface area (Å²) >= 11 is 0. The summed E-state index contributed by atoms with van der Waals surface area (Å²) in [6.45, 7) is 1.76. The van der Waals surface area contributed by atoms with Gasteiger partial charge in [0.1, 0.15) is 5.69 Å². The third-order valence-corrected chi connectivity index (χ3v) is 3.68. The first kappa shape index (κ1) is 16.5. The average Bonchev–Trinajstić information content (AvgIpc) is 3.02. The van der Waals surface area contributed by atoms with Crippen LogP contribution in [0.1, 0.15) is 28.5 Å². The second-order valence-electron chi connectivity index (χ2n) is 5.51.